The summed E-state index contributed by atoms with van der Waals surface area (Å²) in [6, 6.07) is 11.9. The summed E-state index contributed by atoms with van der Waals surface area (Å²) in [6.45, 7) is 4.87. The molecule has 2 aliphatic heterocycles. The van der Waals surface area contributed by atoms with E-state index in [2.05, 4.69) is 10.2 Å². The van der Waals surface area contributed by atoms with Crippen LogP contribution in [0.2, 0.25) is 0 Å². The number of hydrogen-bond acceptors (Lipinski definition) is 6. The third-order valence-electron chi connectivity index (χ3n) is 6.19. The molecule has 1 atom stereocenters. The van der Waals surface area contributed by atoms with Crippen LogP contribution in [0.4, 0.5) is 4.79 Å². The summed E-state index contributed by atoms with van der Waals surface area (Å²) in [7, 11) is 1.66. The molecule has 180 valence electrons. The maximum atomic E-state index is 13.1. The maximum Gasteiger partial charge on any atom is 0.338 e. The second kappa shape index (κ2) is 10.6. The van der Waals surface area contributed by atoms with Crippen molar-refractivity contribution in [2.24, 2.45) is 0 Å². The van der Waals surface area contributed by atoms with Crippen LogP contribution in [0.3, 0.4) is 0 Å². The fourth-order valence-corrected chi connectivity index (χ4v) is 4.39. The number of esters is 1. The Kier molecular flexibility index (Phi) is 7.32. The Morgan fingerprint density at radius 3 is 2.59 bits per heavy atom. The van der Waals surface area contributed by atoms with Gasteiger partial charge >= 0.3 is 12.0 Å². The quantitative estimate of drug-likeness (QED) is 0.658. The Morgan fingerprint density at radius 1 is 1.09 bits per heavy atom. The molecular formula is C25H30N4O5. The van der Waals surface area contributed by atoms with Gasteiger partial charge in [0.15, 0.2) is 5.76 Å². The van der Waals surface area contributed by atoms with Crippen molar-refractivity contribution in [3.8, 4) is 0 Å². The van der Waals surface area contributed by atoms with Crippen molar-refractivity contribution in [1.29, 1.82) is 0 Å². The number of hydrogen-bond donors (Lipinski definition) is 1. The summed E-state index contributed by atoms with van der Waals surface area (Å²) in [4.78, 5) is 44.1. The van der Waals surface area contributed by atoms with Crippen LogP contribution in [-0.4, -0.2) is 79.0 Å². The second-order valence-corrected chi connectivity index (χ2v) is 8.33. The van der Waals surface area contributed by atoms with E-state index in [1.807, 2.05) is 30.3 Å². The Balaban J connectivity index is 1.59. The number of nitrogens with zero attached hydrogens (tertiary/aromatic N) is 3. The van der Waals surface area contributed by atoms with Gasteiger partial charge in [0.05, 0.1) is 24.5 Å². The van der Waals surface area contributed by atoms with E-state index >= 15 is 0 Å². The van der Waals surface area contributed by atoms with Crippen molar-refractivity contribution < 1.29 is 23.5 Å². The number of furan rings is 1. The molecule has 1 aromatic carbocycles. The molecule has 2 aliphatic rings. The molecule has 0 bridgehead atoms. The number of rotatable bonds is 6. The second-order valence-electron chi connectivity index (χ2n) is 8.33. The largest absolute Gasteiger partial charge is 0.463 e. The Bertz CT molecular complexity index is 1050. The highest BCUT2D eigenvalue weighted by atomic mass is 16.5. The summed E-state index contributed by atoms with van der Waals surface area (Å²) >= 11 is 0. The highest BCUT2D eigenvalue weighted by Crippen LogP contribution is 2.31. The van der Waals surface area contributed by atoms with E-state index in [0.29, 0.717) is 43.2 Å². The highest BCUT2D eigenvalue weighted by Gasteiger charge is 2.37. The zero-order chi connectivity index (χ0) is 24.1. The van der Waals surface area contributed by atoms with Crippen molar-refractivity contribution >= 4 is 17.9 Å². The van der Waals surface area contributed by atoms with Crippen molar-refractivity contribution in [2.75, 3.05) is 46.4 Å². The minimum absolute atomic E-state index is 0.128. The van der Waals surface area contributed by atoms with E-state index in [4.69, 9.17) is 9.15 Å². The van der Waals surface area contributed by atoms with E-state index < -0.39 is 12.0 Å². The normalized spacial score (nSPS) is 19.6. The fraction of sp³-hybridized carbons (Fsp3) is 0.400. The Labute approximate surface area is 198 Å². The van der Waals surface area contributed by atoms with Crippen LogP contribution >= 0.6 is 0 Å². The number of carbonyl (C=O) groups excluding carboxylic acids is 3. The van der Waals surface area contributed by atoms with Crippen molar-refractivity contribution in [3.05, 3.63) is 71.3 Å². The van der Waals surface area contributed by atoms with Gasteiger partial charge in [0, 0.05) is 45.5 Å². The smallest absolute Gasteiger partial charge is 0.338 e. The molecule has 34 heavy (non-hydrogen) atoms. The first kappa shape index (κ1) is 23.6. The summed E-state index contributed by atoms with van der Waals surface area (Å²) < 4.78 is 10.7. The molecule has 1 aromatic heterocycles. The predicted octanol–water partition coefficient (Wildman–Crippen LogP) is 2.64. The van der Waals surface area contributed by atoms with Gasteiger partial charge in [-0.2, -0.15) is 0 Å². The van der Waals surface area contributed by atoms with Gasteiger partial charge in [-0.3, -0.25) is 14.6 Å². The molecule has 0 spiro atoms. The van der Waals surface area contributed by atoms with Crippen LogP contribution in [0.15, 0.2) is 64.4 Å². The standard InChI is InChI=1S/C25H30N4O5/c1-3-33-24(31)21-19(27(2)25(32)26-22(21)18-9-5-4-6-10-18)17-28-12-8-13-29(15-14-28)23(30)20-11-7-16-34-20/h4-7,9-11,16,22H,3,8,12-15,17H2,1-2H3,(H,26,32)/t22-/m0/s1. The molecule has 2 aromatic rings. The SMILES string of the molecule is CCOC(=O)C1=C(CN2CCCN(C(=O)c3ccco3)CC2)N(C)C(=O)N[C@H]1c1ccccc1. The molecule has 1 N–H and O–H groups in total. The lowest BCUT2D eigenvalue weighted by Gasteiger charge is -2.36. The minimum Gasteiger partial charge on any atom is -0.463 e. The maximum absolute atomic E-state index is 13.1. The van der Waals surface area contributed by atoms with Crippen LogP contribution in [0.5, 0.6) is 0 Å². The van der Waals surface area contributed by atoms with Gasteiger partial charge in [0.25, 0.3) is 5.91 Å². The van der Waals surface area contributed by atoms with Crippen LogP contribution in [0, 0.1) is 0 Å². The van der Waals surface area contributed by atoms with Gasteiger partial charge in [-0.25, -0.2) is 9.59 Å². The number of nitrogens with one attached hydrogen (secondary N) is 1. The first-order chi connectivity index (χ1) is 16.5. The first-order valence-electron chi connectivity index (χ1n) is 11.5. The molecule has 9 nitrogen and oxygen atoms in total. The average Bonchev–Trinajstić information content (AvgIpc) is 3.29. The molecule has 0 saturated carbocycles. The summed E-state index contributed by atoms with van der Waals surface area (Å²) in [6.07, 6.45) is 2.26. The third-order valence-corrected chi connectivity index (χ3v) is 6.19. The van der Waals surface area contributed by atoms with Crippen molar-refractivity contribution in [1.82, 2.24) is 20.0 Å². The number of amides is 3. The molecule has 9 heteroatoms. The van der Waals surface area contributed by atoms with E-state index in [1.54, 1.807) is 31.0 Å². The van der Waals surface area contributed by atoms with Crippen molar-refractivity contribution in [3.63, 3.8) is 0 Å². The predicted molar refractivity (Wildman–Crippen MR) is 125 cm³/mol. The third kappa shape index (κ3) is 4.99. The van der Waals surface area contributed by atoms with E-state index in [0.717, 1.165) is 18.5 Å². The fourth-order valence-electron chi connectivity index (χ4n) is 4.39. The average molecular weight is 467 g/mol. The molecule has 1 fully saturated rings. The Morgan fingerprint density at radius 2 is 1.88 bits per heavy atom. The van der Waals surface area contributed by atoms with Gasteiger partial charge in [-0.15, -0.1) is 0 Å². The molecule has 0 radical (unpaired) electrons. The number of ether oxygens (including phenoxy) is 1. The highest BCUT2D eigenvalue weighted by molar-refractivity contribution is 5.95. The molecule has 1 saturated heterocycles. The van der Waals surface area contributed by atoms with E-state index in [-0.39, 0.29) is 18.5 Å². The summed E-state index contributed by atoms with van der Waals surface area (Å²) in [5.41, 5.74) is 1.86. The van der Waals surface area contributed by atoms with Crippen LogP contribution in [0.1, 0.15) is 35.5 Å². The van der Waals surface area contributed by atoms with Gasteiger partial charge in [-0.1, -0.05) is 30.3 Å². The lowest BCUT2D eigenvalue weighted by atomic mass is 9.94. The Hall–Kier alpha value is -3.59. The molecular weight excluding hydrogens is 436 g/mol. The molecule has 0 aliphatic carbocycles. The molecule has 3 heterocycles. The molecule has 3 amide bonds. The number of carbonyl (C=O) groups is 3. The zero-order valence-electron chi connectivity index (χ0n) is 19.5. The van der Waals surface area contributed by atoms with Gasteiger partial charge in [-0.05, 0) is 31.0 Å². The van der Waals surface area contributed by atoms with Gasteiger partial charge in [0.1, 0.15) is 0 Å². The van der Waals surface area contributed by atoms with Gasteiger partial charge < -0.3 is 19.4 Å². The lowest BCUT2D eigenvalue weighted by Crippen LogP contribution is -2.49. The summed E-state index contributed by atoms with van der Waals surface area (Å²) in [5.74, 6) is -0.241. The van der Waals surface area contributed by atoms with E-state index in [9.17, 15) is 14.4 Å². The zero-order valence-corrected chi connectivity index (χ0v) is 19.5. The monoisotopic (exact) mass is 466 g/mol. The van der Waals surface area contributed by atoms with Crippen molar-refractivity contribution in [2.45, 2.75) is 19.4 Å². The molecule has 4 rings (SSSR count). The van der Waals surface area contributed by atoms with Crippen LogP contribution in [0.25, 0.3) is 0 Å². The number of benzene rings is 1. The first-order valence-corrected chi connectivity index (χ1v) is 11.5. The topological polar surface area (TPSA) is 95.3 Å². The lowest BCUT2D eigenvalue weighted by molar-refractivity contribution is -0.139. The minimum atomic E-state index is -0.594. The van der Waals surface area contributed by atoms with Gasteiger partial charge in [0.2, 0.25) is 0 Å². The summed E-state index contributed by atoms with van der Waals surface area (Å²) in [5, 5.41) is 2.94. The number of likely N-dealkylation sites (N-methyl/N-ethyl adjacent to an activating group) is 1. The number of urea groups is 1. The van der Waals surface area contributed by atoms with E-state index in [1.165, 1.54) is 11.2 Å². The molecule has 0 unspecified atom stereocenters. The van der Waals surface area contributed by atoms with Crippen LogP contribution < -0.4 is 5.32 Å². The van der Waals surface area contributed by atoms with Crippen LogP contribution in [-0.2, 0) is 9.53 Å².